The molecule has 174 valence electrons. The van der Waals surface area contributed by atoms with E-state index in [2.05, 4.69) is 0 Å². The SMILES string of the molecule is COc1ccc(CC(=O)N2CCC[C@H](c3nc(C)c4c(n3)N(CC3CC3)C(=O)CC4)C2)cc1. The van der Waals surface area contributed by atoms with Crippen LogP contribution in [0.3, 0.4) is 0 Å². The van der Waals surface area contributed by atoms with E-state index in [0.29, 0.717) is 25.3 Å². The van der Waals surface area contributed by atoms with Crippen LogP contribution in [0.5, 0.6) is 5.75 Å². The van der Waals surface area contributed by atoms with E-state index in [1.54, 1.807) is 7.11 Å². The van der Waals surface area contributed by atoms with Crippen molar-refractivity contribution < 1.29 is 14.3 Å². The number of hydrogen-bond acceptors (Lipinski definition) is 5. The fourth-order valence-corrected chi connectivity index (χ4v) is 4.98. The molecule has 1 aromatic carbocycles. The Bertz CT molecular complexity index is 1050. The molecule has 1 atom stereocenters. The number of amides is 2. The predicted molar refractivity (Wildman–Crippen MR) is 125 cm³/mol. The number of hydrogen-bond donors (Lipinski definition) is 0. The molecular weight excluding hydrogens is 416 g/mol. The molecule has 0 radical (unpaired) electrons. The molecule has 2 aromatic rings. The normalized spacial score (nSPS) is 20.5. The van der Waals surface area contributed by atoms with E-state index in [0.717, 1.165) is 66.6 Å². The van der Waals surface area contributed by atoms with Crippen LogP contribution in [0.25, 0.3) is 0 Å². The molecule has 1 saturated carbocycles. The van der Waals surface area contributed by atoms with Crippen molar-refractivity contribution in [1.82, 2.24) is 14.9 Å². The first-order chi connectivity index (χ1) is 16.0. The van der Waals surface area contributed by atoms with Gasteiger partial charge in [-0.15, -0.1) is 0 Å². The van der Waals surface area contributed by atoms with E-state index >= 15 is 0 Å². The summed E-state index contributed by atoms with van der Waals surface area (Å²) in [5, 5.41) is 0. The van der Waals surface area contributed by atoms with Gasteiger partial charge in [-0.1, -0.05) is 12.1 Å². The summed E-state index contributed by atoms with van der Waals surface area (Å²) in [6.45, 7) is 4.20. The highest BCUT2D eigenvalue weighted by Crippen LogP contribution is 2.36. The molecule has 7 nitrogen and oxygen atoms in total. The maximum absolute atomic E-state index is 13.0. The number of anilines is 1. The summed E-state index contributed by atoms with van der Waals surface area (Å²) in [5.74, 6) is 3.41. The predicted octanol–water partition coefficient (Wildman–Crippen LogP) is 3.43. The van der Waals surface area contributed by atoms with Gasteiger partial charge in [0, 0.05) is 43.2 Å². The molecule has 3 heterocycles. The Hall–Kier alpha value is -2.96. The monoisotopic (exact) mass is 448 g/mol. The molecule has 0 bridgehead atoms. The Morgan fingerprint density at radius 2 is 1.91 bits per heavy atom. The van der Waals surface area contributed by atoms with Crippen molar-refractivity contribution in [2.24, 2.45) is 5.92 Å². The average Bonchev–Trinajstić information content (AvgIpc) is 3.65. The summed E-state index contributed by atoms with van der Waals surface area (Å²) >= 11 is 0. The number of benzene rings is 1. The zero-order valence-corrected chi connectivity index (χ0v) is 19.5. The molecule has 33 heavy (non-hydrogen) atoms. The van der Waals surface area contributed by atoms with E-state index in [1.165, 1.54) is 12.8 Å². The van der Waals surface area contributed by atoms with Crippen LogP contribution in [0.4, 0.5) is 5.82 Å². The minimum absolute atomic E-state index is 0.0994. The van der Waals surface area contributed by atoms with E-state index in [-0.39, 0.29) is 17.7 Å². The van der Waals surface area contributed by atoms with E-state index in [4.69, 9.17) is 14.7 Å². The Balaban J connectivity index is 1.32. The van der Waals surface area contributed by atoms with Crippen molar-refractivity contribution in [3.05, 3.63) is 46.9 Å². The first-order valence-corrected chi connectivity index (χ1v) is 12.1. The van der Waals surface area contributed by atoms with E-state index < -0.39 is 0 Å². The highest BCUT2D eigenvalue weighted by atomic mass is 16.5. The van der Waals surface area contributed by atoms with Crippen LogP contribution >= 0.6 is 0 Å². The van der Waals surface area contributed by atoms with Gasteiger partial charge >= 0.3 is 0 Å². The van der Waals surface area contributed by atoms with Gasteiger partial charge in [-0.3, -0.25) is 14.5 Å². The number of aromatic nitrogens is 2. The van der Waals surface area contributed by atoms with Gasteiger partial charge in [0.05, 0.1) is 13.5 Å². The summed E-state index contributed by atoms with van der Waals surface area (Å²) < 4.78 is 5.21. The van der Waals surface area contributed by atoms with Crippen LogP contribution in [0.15, 0.2) is 24.3 Å². The molecule has 0 unspecified atom stereocenters. The Morgan fingerprint density at radius 1 is 1.12 bits per heavy atom. The van der Waals surface area contributed by atoms with Gasteiger partial charge in [-0.2, -0.15) is 0 Å². The van der Waals surface area contributed by atoms with Crippen molar-refractivity contribution in [3.63, 3.8) is 0 Å². The maximum atomic E-state index is 13.0. The van der Waals surface area contributed by atoms with Crippen LogP contribution in [0.2, 0.25) is 0 Å². The lowest BCUT2D eigenvalue weighted by Crippen LogP contribution is -2.41. The quantitative estimate of drug-likeness (QED) is 0.677. The fourth-order valence-electron chi connectivity index (χ4n) is 4.98. The zero-order chi connectivity index (χ0) is 22.9. The summed E-state index contributed by atoms with van der Waals surface area (Å²) in [7, 11) is 1.64. The van der Waals surface area contributed by atoms with Crippen LogP contribution in [0.1, 0.15) is 60.7 Å². The van der Waals surface area contributed by atoms with Gasteiger partial charge in [0.15, 0.2) is 0 Å². The van der Waals surface area contributed by atoms with E-state index in [9.17, 15) is 9.59 Å². The van der Waals surface area contributed by atoms with Crippen molar-refractivity contribution in [2.75, 3.05) is 31.6 Å². The van der Waals surface area contributed by atoms with Crippen molar-refractivity contribution >= 4 is 17.6 Å². The van der Waals surface area contributed by atoms with Crippen LogP contribution < -0.4 is 9.64 Å². The van der Waals surface area contributed by atoms with Crippen LogP contribution in [-0.2, 0) is 22.4 Å². The molecule has 7 heteroatoms. The molecule has 2 amide bonds. The lowest BCUT2D eigenvalue weighted by Gasteiger charge is -2.34. The van der Waals surface area contributed by atoms with Crippen molar-refractivity contribution in [2.45, 2.75) is 57.8 Å². The summed E-state index contributed by atoms with van der Waals surface area (Å²) in [4.78, 5) is 39.4. The number of nitrogens with zero attached hydrogens (tertiary/aromatic N) is 4. The average molecular weight is 449 g/mol. The van der Waals surface area contributed by atoms with Gasteiger partial charge in [-0.25, -0.2) is 9.97 Å². The van der Waals surface area contributed by atoms with Crippen molar-refractivity contribution in [1.29, 1.82) is 0 Å². The highest BCUT2D eigenvalue weighted by molar-refractivity contribution is 5.95. The minimum Gasteiger partial charge on any atom is -0.497 e. The Labute approximate surface area is 195 Å². The molecule has 1 saturated heterocycles. The molecule has 1 aromatic heterocycles. The zero-order valence-electron chi connectivity index (χ0n) is 19.5. The number of carbonyl (C=O) groups is 2. The van der Waals surface area contributed by atoms with Gasteiger partial charge < -0.3 is 9.64 Å². The molecule has 1 aliphatic carbocycles. The topological polar surface area (TPSA) is 75.6 Å². The molecule has 0 spiro atoms. The number of methoxy groups -OCH3 is 1. The number of carbonyl (C=O) groups excluding carboxylic acids is 2. The third kappa shape index (κ3) is 4.72. The third-order valence-corrected chi connectivity index (χ3v) is 7.15. The van der Waals surface area contributed by atoms with Gasteiger partial charge in [0.1, 0.15) is 17.4 Å². The minimum atomic E-state index is 0.0994. The first-order valence-electron chi connectivity index (χ1n) is 12.1. The molecule has 3 aliphatic rings. The molecule has 5 rings (SSSR count). The highest BCUT2D eigenvalue weighted by Gasteiger charge is 2.34. The number of aryl methyl sites for hydroxylation is 1. The van der Waals surface area contributed by atoms with Gasteiger partial charge in [0.2, 0.25) is 11.8 Å². The number of likely N-dealkylation sites (tertiary alicyclic amines) is 1. The third-order valence-electron chi connectivity index (χ3n) is 7.15. The number of rotatable bonds is 6. The lowest BCUT2D eigenvalue weighted by molar-refractivity contribution is -0.131. The smallest absolute Gasteiger partial charge is 0.228 e. The number of piperidine rings is 1. The second-order valence-electron chi connectivity index (χ2n) is 9.62. The maximum Gasteiger partial charge on any atom is 0.228 e. The molecule has 2 fully saturated rings. The van der Waals surface area contributed by atoms with Crippen LogP contribution in [-0.4, -0.2) is 53.4 Å². The first kappa shape index (κ1) is 21.9. The van der Waals surface area contributed by atoms with Gasteiger partial charge in [0.25, 0.3) is 0 Å². The lowest BCUT2D eigenvalue weighted by atomic mass is 9.95. The standard InChI is InChI=1S/C26H32N4O3/c1-17-22-11-12-23(31)30(15-19-5-6-19)26(22)28-25(27-17)20-4-3-13-29(16-20)24(32)14-18-7-9-21(33-2)10-8-18/h7-10,19-20H,3-6,11-16H2,1-2H3/t20-/m0/s1. The second-order valence-corrected chi connectivity index (χ2v) is 9.62. The largest absolute Gasteiger partial charge is 0.497 e. The molecule has 0 N–H and O–H groups in total. The van der Waals surface area contributed by atoms with E-state index in [1.807, 2.05) is 41.0 Å². The molecule has 2 aliphatic heterocycles. The number of fused-ring (bicyclic) bond motifs is 1. The number of ether oxygens (including phenoxy) is 1. The summed E-state index contributed by atoms with van der Waals surface area (Å²) in [6.07, 6.45) is 5.93. The van der Waals surface area contributed by atoms with Crippen LogP contribution in [0, 0.1) is 12.8 Å². The Morgan fingerprint density at radius 3 is 2.64 bits per heavy atom. The fraction of sp³-hybridized carbons (Fsp3) is 0.538. The molecular formula is C26H32N4O3. The summed E-state index contributed by atoms with van der Waals surface area (Å²) in [6, 6.07) is 7.67. The second kappa shape index (κ2) is 9.12. The Kier molecular flexibility index (Phi) is 6.04. The van der Waals surface area contributed by atoms with Crippen molar-refractivity contribution in [3.8, 4) is 5.75 Å². The summed E-state index contributed by atoms with van der Waals surface area (Å²) in [5.41, 5.74) is 3.07. The van der Waals surface area contributed by atoms with Gasteiger partial charge in [-0.05, 0) is 62.6 Å².